The van der Waals surface area contributed by atoms with E-state index in [2.05, 4.69) is 13.8 Å². The molecule has 1 radical (unpaired) electrons. The van der Waals surface area contributed by atoms with Crippen LogP contribution < -0.4 is 0 Å². The van der Waals surface area contributed by atoms with Gasteiger partial charge >= 0.3 is 0 Å². The number of benzene rings is 1. The molecular weight excluding hydrogens is 250 g/mol. The minimum atomic E-state index is -0.545. The van der Waals surface area contributed by atoms with E-state index in [0.29, 0.717) is 12.8 Å². The maximum Gasteiger partial charge on any atom is 0.129 e. The lowest BCUT2D eigenvalue weighted by molar-refractivity contribution is -0.256. The molecular formula is C17H26NO2. The van der Waals surface area contributed by atoms with E-state index in [9.17, 15) is 10.0 Å². The van der Waals surface area contributed by atoms with Crippen LogP contribution in [0.3, 0.4) is 0 Å². The SMILES string of the molecule is CC(=O)CCC(C)(C)N([O])C(c1ccccc1)C(C)C. The Kier molecular flexibility index (Phi) is 5.90. The Morgan fingerprint density at radius 1 is 1.20 bits per heavy atom. The van der Waals surface area contributed by atoms with Crippen molar-refractivity contribution in [3.05, 3.63) is 35.9 Å². The van der Waals surface area contributed by atoms with Crippen molar-refractivity contribution in [3.8, 4) is 0 Å². The molecule has 0 amide bonds. The molecule has 0 spiro atoms. The number of rotatable bonds is 7. The van der Waals surface area contributed by atoms with Crippen molar-refractivity contribution in [2.24, 2.45) is 5.92 Å². The first-order valence-corrected chi connectivity index (χ1v) is 7.26. The molecule has 0 aromatic heterocycles. The van der Waals surface area contributed by atoms with Crippen LogP contribution in [0, 0.1) is 5.92 Å². The van der Waals surface area contributed by atoms with Crippen molar-refractivity contribution >= 4 is 5.78 Å². The van der Waals surface area contributed by atoms with Crippen molar-refractivity contribution in [2.75, 3.05) is 0 Å². The fourth-order valence-corrected chi connectivity index (χ4v) is 2.41. The number of hydrogen-bond acceptors (Lipinski definition) is 2. The molecule has 0 aliphatic carbocycles. The number of ketones is 1. The van der Waals surface area contributed by atoms with Crippen LogP contribution in [0.25, 0.3) is 0 Å². The minimum absolute atomic E-state index is 0.132. The molecule has 1 atom stereocenters. The van der Waals surface area contributed by atoms with Crippen LogP contribution in [0.1, 0.15) is 59.1 Å². The highest BCUT2D eigenvalue weighted by molar-refractivity contribution is 5.75. The molecule has 3 nitrogen and oxygen atoms in total. The molecule has 0 saturated heterocycles. The molecule has 0 saturated carbocycles. The molecule has 1 aromatic carbocycles. The maximum absolute atomic E-state index is 12.8. The van der Waals surface area contributed by atoms with Gasteiger partial charge in [0.2, 0.25) is 0 Å². The van der Waals surface area contributed by atoms with Gasteiger partial charge in [0.05, 0.1) is 6.04 Å². The molecule has 0 heterocycles. The lowest BCUT2D eigenvalue weighted by atomic mass is 9.89. The van der Waals surface area contributed by atoms with Crippen LogP contribution in [-0.2, 0) is 10.0 Å². The number of carbonyl (C=O) groups is 1. The Morgan fingerprint density at radius 2 is 1.75 bits per heavy atom. The standard InChI is InChI=1S/C17H26NO2/c1-13(2)16(15-9-7-6-8-10-15)18(20)17(4,5)12-11-14(3)19/h6-10,13,16H,11-12H2,1-5H3. The molecule has 20 heavy (non-hydrogen) atoms. The van der Waals surface area contributed by atoms with Crippen LogP contribution in [-0.4, -0.2) is 16.4 Å². The smallest absolute Gasteiger partial charge is 0.129 e. The van der Waals surface area contributed by atoms with Gasteiger partial charge in [0.15, 0.2) is 0 Å². The predicted molar refractivity (Wildman–Crippen MR) is 80.5 cm³/mol. The summed E-state index contributed by atoms with van der Waals surface area (Å²) in [6.07, 6.45) is 1.03. The topological polar surface area (TPSA) is 40.2 Å². The molecule has 0 aliphatic rings. The van der Waals surface area contributed by atoms with Crippen LogP contribution >= 0.6 is 0 Å². The zero-order chi connectivity index (χ0) is 15.3. The second kappa shape index (κ2) is 7.00. The average molecular weight is 276 g/mol. The fraction of sp³-hybridized carbons (Fsp3) is 0.588. The third-order valence-corrected chi connectivity index (χ3v) is 3.71. The van der Waals surface area contributed by atoms with Crippen LogP contribution in [0.5, 0.6) is 0 Å². The van der Waals surface area contributed by atoms with E-state index in [0.717, 1.165) is 5.56 Å². The van der Waals surface area contributed by atoms with Crippen molar-refractivity contribution in [1.82, 2.24) is 5.06 Å². The predicted octanol–water partition coefficient (Wildman–Crippen LogP) is 4.18. The largest absolute Gasteiger partial charge is 0.300 e. The highest BCUT2D eigenvalue weighted by atomic mass is 16.5. The highest BCUT2D eigenvalue weighted by Gasteiger charge is 2.35. The second-order valence-corrected chi connectivity index (χ2v) is 6.44. The molecule has 1 unspecified atom stereocenters. The van der Waals surface area contributed by atoms with Gasteiger partial charge in [-0.3, -0.25) is 0 Å². The van der Waals surface area contributed by atoms with Gasteiger partial charge in [-0.15, -0.1) is 10.3 Å². The second-order valence-electron chi connectivity index (χ2n) is 6.44. The van der Waals surface area contributed by atoms with E-state index in [1.807, 2.05) is 44.2 Å². The summed E-state index contributed by atoms with van der Waals surface area (Å²) in [5.74, 6) is 0.346. The molecule has 3 heteroatoms. The van der Waals surface area contributed by atoms with E-state index >= 15 is 0 Å². The summed E-state index contributed by atoms with van der Waals surface area (Å²) in [6, 6.07) is 9.69. The lowest BCUT2D eigenvalue weighted by Gasteiger charge is -2.39. The van der Waals surface area contributed by atoms with Gasteiger partial charge in [0, 0.05) is 12.0 Å². The number of Topliss-reactive ketones (excluding diaryl/α,β-unsaturated/α-hetero) is 1. The van der Waals surface area contributed by atoms with Gasteiger partial charge < -0.3 is 4.79 Å². The molecule has 0 N–H and O–H groups in total. The van der Waals surface area contributed by atoms with E-state index in [1.165, 1.54) is 5.06 Å². The van der Waals surface area contributed by atoms with Crippen molar-refractivity contribution in [1.29, 1.82) is 0 Å². The number of hydroxylamine groups is 2. The zero-order valence-corrected chi connectivity index (χ0v) is 13.2. The van der Waals surface area contributed by atoms with Crippen LogP contribution in [0.4, 0.5) is 0 Å². The Balaban J connectivity index is 2.94. The third-order valence-electron chi connectivity index (χ3n) is 3.71. The number of nitrogens with zero attached hydrogens (tertiary/aromatic N) is 1. The molecule has 1 rings (SSSR count). The van der Waals surface area contributed by atoms with Gasteiger partial charge in [0.25, 0.3) is 0 Å². The van der Waals surface area contributed by atoms with Crippen LogP contribution in [0.2, 0.25) is 0 Å². The van der Waals surface area contributed by atoms with Crippen molar-refractivity contribution in [2.45, 2.75) is 59.0 Å². The molecule has 0 bridgehead atoms. The van der Waals surface area contributed by atoms with Crippen molar-refractivity contribution in [3.63, 3.8) is 0 Å². The molecule has 0 fully saturated rings. The summed E-state index contributed by atoms with van der Waals surface area (Å²) in [5, 5.41) is 14.0. The van der Waals surface area contributed by atoms with Gasteiger partial charge in [-0.25, -0.2) is 0 Å². The Bertz CT molecular complexity index is 426. The van der Waals surface area contributed by atoms with E-state index < -0.39 is 5.54 Å². The van der Waals surface area contributed by atoms with Gasteiger partial charge in [0.1, 0.15) is 5.78 Å². The summed E-state index contributed by atoms with van der Waals surface area (Å²) in [6.45, 7) is 9.53. The number of hydrogen-bond donors (Lipinski definition) is 0. The van der Waals surface area contributed by atoms with Crippen LogP contribution in [0.15, 0.2) is 30.3 Å². The minimum Gasteiger partial charge on any atom is -0.300 e. The summed E-state index contributed by atoms with van der Waals surface area (Å²) < 4.78 is 0. The zero-order valence-electron chi connectivity index (χ0n) is 13.2. The monoisotopic (exact) mass is 276 g/mol. The summed E-state index contributed by atoms with van der Waals surface area (Å²) in [4.78, 5) is 11.2. The Morgan fingerprint density at radius 3 is 2.20 bits per heavy atom. The Labute approximate surface area is 122 Å². The average Bonchev–Trinajstić information content (AvgIpc) is 2.37. The van der Waals surface area contributed by atoms with Gasteiger partial charge in [-0.1, -0.05) is 44.2 Å². The summed E-state index contributed by atoms with van der Waals surface area (Å²) >= 11 is 0. The van der Waals surface area contributed by atoms with Crippen molar-refractivity contribution < 1.29 is 10.0 Å². The first-order valence-electron chi connectivity index (χ1n) is 7.26. The molecule has 1 aromatic rings. The normalized spacial score (nSPS) is 13.8. The number of carbonyl (C=O) groups excluding carboxylic acids is 1. The van der Waals surface area contributed by atoms with E-state index in [4.69, 9.17) is 0 Å². The third kappa shape index (κ3) is 4.43. The summed E-state index contributed by atoms with van der Waals surface area (Å²) in [5.41, 5.74) is 0.490. The fourth-order valence-electron chi connectivity index (χ4n) is 2.41. The lowest BCUT2D eigenvalue weighted by Crippen LogP contribution is -2.44. The highest BCUT2D eigenvalue weighted by Crippen LogP contribution is 2.34. The first kappa shape index (κ1) is 16.9. The molecule has 111 valence electrons. The quantitative estimate of drug-likeness (QED) is 0.701. The molecule has 0 aliphatic heterocycles. The van der Waals surface area contributed by atoms with E-state index in [1.54, 1.807) is 6.92 Å². The maximum atomic E-state index is 12.8. The summed E-state index contributed by atoms with van der Waals surface area (Å²) in [7, 11) is 0. The first-order chi connectivity index (χ1) is 9.25. The van der Waals surface area contributed by atoms with Gasteiger partial charge in [-0.2, -0.15) is 0 Å². The van der Waals surface area contributed by atoms with Gasteiger partial charge in [-0.05, 0) is 38.7 Å². The van der Waals surface area contributed by atoms with E-state index in [-0.39, 0.29) is 17.7 Å². The Hall–Kier alpha value is -1.19.